The Morgan fingerprint density at radius 2 is 1.58 bits per heavy atom. The summed E-state index contributed by atoms with van der Waals surface area (Å²) < 4.78 is 0. The Bertz CT molecular complexity index is 175. The normalized spacial score (nSPS) is 15.9. The summed E-state index contributed by atoms with van der Waals surface area (Å²) in [4.78, 5) is 0. The Morgan fingerprint density at radius 3 is 1.67 bits per heavy atom. The van der Waals surface area contributed by atoms with Crippen LogP contribution in [0.15, 0.2) is 12.2 Å². The molecule has 0 amide bonds. The van der Waals surface area contributed by atoms with Crippen LogP contribution < -0.4 is 5.73 Å². The Balaban J connectivity index is 4.88. The van der Waals surface area contributed by atoms with Crippen LogP contribution in [0.2, 0.25) is 0 Å². The summed E-state index contributed by atoms with van der Waals surface area (Å²) in [6.45, 7) is 17.0. The zero-order valence-corrected chi connectivity index (χ0v) is 9.36. The highest BCUT2D eigenvalue weighted by Gasteiger charge is 2.40. The molecule has 0 saturated carbocycles. The predicted molar refractivity (Wildman–Crippen MR) is 56.0 cm³/mol. The molecular formula is C11H23N. The van der Waals surface area contributed by atoms with Gasteiger partial charge in [0.05, 0.1) is 0 Å². The molecule has 0 spiro atoms. The number of allylic oxidation sites excluding steroid dienone is 1. The van der Waals surface area contributed by atoms with E-state index in [4.69, 9.17) is 5.73 Å². The molecular weight excluding hydrogens is 146 g/mol. The van der Waals surface area contributed by atoms with Crippen LogP contribution >= 0.6 is 0 Å². The van der Waals surface area contributed by atoms with Gasteiger partial charge < -0.3 is 5.73 Å². The molecule has 12 heavy (non-hydrogen) atoms. The molecule has 0 rings (SSSR count). The summed E-state index contributed by atoms with van der Waals surface area (Å²) in [5, 5.41) is 0. The van der Waals surface area contributed by atoms with E-state index < -0.39 is 0 Å². The van der Waals surface area contributed by atoms with Gasteiger partial charge in [-0.2, -0.15) is 0 Å². The number of rotatable bonds is 3. The van der Waals surface area contributed by atoms with Crippen molar-refractivity contribution in [2.24, 2.45) is 16.6 Å². The maximum absolute atomic E-state index is 5.95. The second-order valence-corrected chi connectivity index (χ2v) is 4.92. The first-order valence-corrected chi connectivity index (χ1v) is 4.55. The van der Waals surface area contributed by atoms with Gasteiger partial charge in [-0.15, -0.1) is 0 Å². The van der Waals surface area contributed by atoms with Gasteiger partial charge in [-0.3, -0.25) is 0 Å². The van der Waals surface area contributed by atoms with Gasteiger partial charge in [0.15, 0.2) is 0 Å². The van der Waals surface area contributed by atoms with Gasteiger partial charge in [0.1, 0.15) is 0 Å². The molecule has 0 aromatic carbocycles. The van der Waals surface area contributed by atoms with E-state index >= 15 is 0 Å². The largest absolute Gasteiger partial charge is 0.327 e. The van der Waals surface area contributed by atoms with Crippen LogP contribution in [0.1, 0.15) is 41.5 Å². The summed E-state index contributed by atoms with van der Waals surface area (Å²) in [6, 6.07) is 0.184. The molecule has 1 nitrogen and oxygen atoms in total. The van der Waals surface area contributed by atoms with Crippen molar-refractivity contribution in [3.05, 3.63) is 12.2 Å². The van der Waals surface area contributed by atoms with Crippen LogP contribution in [0.3, 0.4) is 0 Å². The maximum atomic E-state index is 5.95. The third-order valence-electron chi connectivity index (χ3n) is 3.82. The SMILES string of the molecule is C=C(C)C(C)(C)C(C)(C)[C@H](C)N. The first kappa shape index (κ1) is 11.7. The fourth-order valence-electron chi connectivity index (χ4n) is 1.12. The Morgan fingerprint density at radius 1 is 1.25 bits per heavy atom. The highest BCUT2D eigenvalue weighted by atomic mass is 14.7. The average molecular weight is 169 g/mol. The van der Waals surface area contributed by atoms with Crippen molar-refractivity contribution in [1.82, 2.24) is 0 Å². The third kappa shape index (κ3) is 1.71. The van der Waals surface area contributed by atoms with Crippen LogP contribution in [0.4, 0.5) is 0 Å². The standard InChI is InChI=1S/C11H23N/c1-8(2)10(4,5)11(6,7)9(3)12/h9H,1,12H2,2-7H3/t9-/m0/s1. The summed E-state index contributed by atoms with van der Waals surface area (Å²) >= 11 is 0. The van der Waals surface area contributed by atoms with Crippen LogP contribution in [0, 0.1) is 10.8 Å². The molecule has 1 atom stereocenters. The summed E-state index contributed by atoms with van der Waals surface area (Å²) in [7, 11) is 0. The minimum atomic E-state index is 0.0961. The van der Waals surface area contributed by atoms with E-state index in [9.17, 15) is 0 Å². The zero-order chi connectivity index (χ0) is 10.2. The van der Waals surface area contributed by atoms with Gasteiger partial charge in [0, 0.05) is 6.04 Å². The second kappa shape index (κ2) is 3.21. The molecule has 0 fully saturated rings. The van der Waals surface area contributed by atoms with E-state index in [2.05, 4.69) is 48.1 Å². The quantitative estimate of drug-likeness (QED) is 0.646. The lowest BCUT2D eigenvalue weighted by atomic mass is 9.61. The molecule has 0 aliphatic carbocycles. The van der Waals surface area contributed by atoms with Crippen LogP contribution in [0.25, 0.3) is 0 Å². The molecule has 72 valence electrons. The van der Waals surface area contributed by atoms with Gasteiger partial charge in [-0.25, -0.2) is 0 Å². The highest BCUT2D eigenvalue weighted by Crippen LogP contribution is 2.45. The van der Waals surface area contributed by atoms with Crippen molar-refractivity contribution in [2.75, 3.05) is 0 Å². The summed E-state index contributed by atoms with van der Waals surface area (Å²) in [5.41, 5.74) is 7.35. The van der Waals surface area contributed by atoms with Gasteiger partial charge in [0.25, 0.3) is 0 Å². The number of nitrogens with two attached hydrogens (primary N) is 1. The van der Waals surface area contributed by atoms with Gasteiger partial charge in [-0.1, -0.05) is 39.8 Å². The number of hydrogen-bond acceptors (Lipinski definition) is 1. The van der Waals surface area contributed by atoms with Crippen molar-refractivity contribution in [3.63, 3.8) is 0 Å². The van der Waals surface area contributed by atoms with Gasteiger partial charge in [0.2, 0.25) is 0 Å². The minimum absolute atomic E-state index is 0.0961. The molecule has 0 aromatic rings. The van der Waals surface area contributed by atoms with Crippen molar-refractivity contribution in [3.8, 4) is 0 Å². The van der Waals surface area contributed by atoms with Gasteiger partial charge >= 0.3 is 0 Å². The molecule has 0 aliphatic rings. The molecule has 0 aromatic heterocycles. The average Bonchev–Trinajstić information content (AvgIpc) is 1.86. The van der Waals surface area contributed by atoms with E-state index in [-0.39, 0.29) is 16.9 Å². The van der Waals surface area contributed by atoms with Crippen molar-refractivity contribution < 1.29 is 0 Å². The smallest absolute Gasteiger partial charge is 0.00699 e. The predicted octanol–water partition coefficient (Wildman–Crippen LogP) is 2.96. The zero-order valence-electron chi connectivity index (χ0n) is 9.36. The van der Waals surface area contributed by atoms with Crippen LogP contribution in [-0.4, -0.2) is 6.04 Å². The lowest BCUT2D eigenvalue weighted by Gasteiger charge is -2.45. The molecule has 0 bridgehead atoms. The van der Waals surface area contributed by atoms with E-state index in [1.165, 1.54) is 5.57 Å². The maximum Gasteiger partial charge on any atom is 0.00699 e. The van der Waals surface area contributed by atoms with Gasteiger partial charge in [-0.05, 0) is 24.7 Å². The topological polar surface area (TPSA) is 26.0 Å². The lowest BCUT2D eigenvalue weighted by Crippen LogP contribution is -2.46. The van der Waals surface area contributed by atoms with Crippen molar-refractivity contribution in [1.29, 1.82) is 0 Å². The molecule has 0 heterocycles. The minimum Gasteiger partial charge on any atom is -0.327 e. The summed E-state index contributed by atoms with van der Waals surface area (Å²) in [6.07, 6.45) is 0. The molecule has 2 N–H and O–H groups in total. The molecule has 0 aliphatic heterocycles. The van der Waals surface area contributed by atoms with Crippen molar-refractivity contribution >= 4 is 0 Å². The summed E-state index contributed by atoms with van der Waals surface area (Å²) in [5.74, 6) is 0. The van der Waals surface area contributed by atoms with E-state index in [0.29, 0.717) is 0 Å². The molecule has 0 radical (unpaired) electrons. The van der Waals surface area contributed by atoms with Crippen molar-refractivity contribution in [2.45, 2.75) is 47.6 Å². The fraction of sp³-hybridized carbons (Fsp3) is 0.818. The highest BCUT2D eigenvalue weighted by molar-refractivity contribution is 5.11. The van der Waals surface area contributed by atoms with Crippen LogP contribution in [-0.2, 0) is 0 Å². The number of hydrogen-bond donors (Lipinski definition) is 1. The monoisotopic (exact) mass is 169 g/mol. The molecule has 0 saturated heterocycles. The Kier molecular flexibility index (Phi) is 3.13. The molecule has 1 heteroatoms. The first-order valence-electron chi connectivity index (χ1n) is 4.55. The lowest BCUT2D eigenvalue weighted by molar-refractivity contribution is 0.122. The van der Waals surface area contributed by atoms with E-state index in [0.717, 1.165) is 0 Å². The second-order valence-electron chi connectivity index (χ2n) is 4.92. The fourth-order valence-corrected chi connectivity index (χ4v) is 1.12. The van der Waals surface area contributed by atoms with E-state index in [1.807, 2.05) is 0 Å². The van der Waals surface area contributed by atoms with E-state index in [1.54, 1.807) is 0 Å². The first-order chi connectivity index (χ1) is 5.14. The Hall–Kier alpha value is -0.300. The van der Waals surface area contributed by atoms with Crippen LogP contribution in [0.5, 0.6) is 0 Å². The Labute approximate surface area is 77.0 Å². The third-order valence-corrected chi connectivity index (χ3v) is 3.82. The molecule has 0 unspecified atom stereocenters.